The lowest BCUT2D eigenvalue weighted by atomic mass is 10.2. The first kappa shape index (κ1) is 20.0. The molecule has 1 saturated heterocycles. The highest BCUT2D eigenvalue weighted by molar-refractivity contribution is 7.89. The van der Waals surface area contributed by atoms with Crippen molar-refractivity contribution in [3.8, 4) is 0 Å². The van der Waals surface area contributed by atoms with E-state index in [1.165, 1.54) is 16.4 Å². The van der Waals surface area contributed by atoms with Crippen molar-refractivity contribution in [1.29, 1.82) is 0 Å². The van der Waals surface area contributed by atoms with Crippen LogP contribution in [0.4, 0.5) is 0 Å². The Morgan fingerprint density at radius 1 is 0.786 bits per heavy atom. The Bertz CT molecular complexity index is 922. The molecule has 1 fully saturated rings. The van der Waals surface area contributed by atoms with Gasteiger partial charge in [-0.05, 0) is 36.1 Å². The van der Waals surface area contributed by atoms with Gasteiger partial charge in [-0.25, -0.2) is 8.42 Å². The van der Waals surface area contributed by atoms with E-state index in [1.807, 2.05) is 30.3 Å². The van der Waals surface area contributed by atoms with Crippen molar-refractivity contribution in [2.75, 3.05) is 13.1 Å². The molecule has 2 N–H and O–H groups in total. The van der Waals surface area contributed by atoms with E-state index in [0.717, 1.165) is 18.4 Å². The molecule has 0 atom stereocenters. The van der Waals surface area contributed by atoms with Crippen LogP contribution in [-0.4, -0.2) is 37.6 Å². The summed E-state index contributed by atoms with van der Waals surface area (Å²) < 4.78 is 26.5. The first-order valence-corrected chi connectivity index (χ1v) is 10.6. The van der Waals surface area contributed by atoms with Gasteiger partial charge in [0.05, 0.1) is 4.90 Å². The van der Waals surface area contributed by atoms with E-state index in [0.29, 0.717) is 18.7 Å². The topological polar surface area (TPSA) is 95.6 Å². The number of hydrogen-bond donors (Lipinski definition) is 2. The monoisotopic (exact) mass is 401 g/mol. The zero-order valence-corrected chi connectivity index (χ0v) is 16.2. The Labute approximate surface area is 164 Å². The average molecular weight is 401 g/mol. The fraction of sp³-hybridized carbons (Fsp3) is 0.300. The van der Waals surface area contributed by atoms with Gasteiger partial charge in [0.25, 0.3) is 0 Å². The van der Waals surface area contributed by atoms with Crippen LogP contribution >= 0.6 is 0 Å². The van der Waals surface area contributed by atoms with Crippen LogP contribution in [-0.2, 0) is 32.7 Å². The Hall–Kier alpha value is -2.71. The van der Waals surface area contributed by atoms with E-state index in [4.69, 9.17) is 0 Å². The second-order valence-electron chi connectivity index (χ2n) is 6.61. The molecular weight excluding hydrogens is 378 g/mol. The molecule has 0 unspecified atom stereocenters. The van der Waals surface area contributed by atoms with Gasteiger partial charge in [0, 0.05) is 26.2 Å². The van der Waals surface area contributed by atoms with Crippen LogP contribution in [0, 0.1) is 0 Å². The molecule has 0 spiro atoms. The molecule has 28 heavy (non-hydrogen) atoms. The molecule has 3 rings (SSSR count). The van der Waals surface area contributed by atoms with Gasteiger partial charge in [-0.15, -0.1) is 0 Å². The number of hydrogen-bond acceptors (Lipinski definition) is 4. The Morgan fingerprint density at radius 2 is 1.29 bits per heavy atom. The second-order valence-corrected chi connectivity index (χ2v) is 8.54. The lowest BCUT2D eigenvalue weighted by Crippen LogP contribution is -2.39. The summed E-state index contributed by atoms with van der Waals surface area (Å²) in [6.07, 6.45) is 1.77. The van der Waals surface area contributed by atoms with Crippen LogP contribution in [0.15, 0.2) is 59.5 Å². The lowest BCUT2D eigenvalue weighted by Gasteiger charge is -2.15. The quantitative estimate of drug-likeness (QED) is 0.716. The minimum atomic E-state index is -3.45. The van der Waals surface area contributed by atoms with Crippen molar-refractivity contribution in [3.63, 3.8) is 0 Å². The highest BCUT2D eigenvalue weighted by Gasteiger charge is 2.26. The lowest BCUT2D eigenvalue weighted by molar-refractivity contribution is -0.139. The molecule has 7 nitrogen and oxygen atoms in total. The first-order valence-electron chi connectivity index (χ1n) is 9.16. The summed E-state index contributed by atoms with van der Waals surface area (Å²) in [6, 6.07) is 15.7. The summed E-state index contributed by atoms with van der Waals surface area (Å²) in [5.41, 5.74) is 1.61. The molecule has 8 heteroatoms. The number of carbonyl (C=O) groups excluding carboxylic acids is 2. The van der Waals surface area contributed by atoms with Gasteiger partial charge in [-0.2, -0.15) is 4.31 Å². The minimum Gasteiger partial charge on any atom is -0.344 e. The zero-order valence-electron chi connectivity index (χ0n) is 15.4. The van der Waals surface area contributed by atoms with E-state index in [2.05, 4.69) is 10.6 Å². The van der Waals surface area contributed by atoms with E-state index in [-0.39, 0.29) is 18.0 Å². The highest BCUT2D eigenvalue weighted by Crippen LogP contribution is 2.21. The summed E-state index contributed by atoms with van der Waals surface area (Å²) in [5.74, 6) is -1.44. The molecule has 1 aliphatic rings. The predicted octanol–water partition coefficient (Wildman–Crippen LogP) is 1.40. The SMILES string of the molecule is O=C(NCc1ccccc1)C(=O)NCc1ccc(S(=O)(=O)N2CCCC2)cc1. The second kappa shape index (κ2) is 8.99. The van der Waals surface area contributed by atoms with Gasteiger partial charge in [-0.1, -0.05) is 42.5 Å². The van der Waals surface area contributed by atoms with Gasteiger partial charge in [0.15, 0.2) is 0 Å². The van der Waals surface area contributed by atoms with Crippen molar-refractivity contribution in [2.24, 2.45) is 0 Å². The molecule has 2 amide bonds. The number of nitrogens with zero attached hydrogens (tertiary/aromatic N) is 1. The molecule has 2 aromatic rings. The summed E-state index contributed by atoms with van der Waals surface area (Å²) in [5, 5.41) is 5.10. The number of carbonyl (C=O) groups is 2. The molecule has 148 valence electrons. The van der Waals surface area contributed by atoms with Crippen molar-refractivity contribution >= 4 is 21.8 Å². The van der Waals surface area contributed by atoms with Crippen molar-refractivity contribution < 1.29 is 18.0 Å². The van der Waals surface area contributed by atoms with E-state index in [9.17, 15) is 18.0 Å². The summed E-state index contributed by atoms with van der Waals surface area (Å²) >= 11 is 0. The van der Waals surface area contributed by atoms with Gasteiger partial charge in [-0.3, -0.25) is 9.59 Å². The number of nitrogens with one attached hydrogen (secondary N) is 2. The molecule has 0 aliphatic carbocycles. The molecule has 0 aromatic heterocycles. The average Bonchev–Trinajstić information content (AvgIpc) is 3.27. The van der Waals surface area contributed by atoms with E-state index < -0.39 is 21.8 Å². The van der Waals surface area contributed by atoms with Crippen LogP contribution in [0.25, 0.3) is 0 Å². The third-order valence-corrected chi connectivity index (χ3v) is 6.49. The zero-order chi connectivity index (χ0) is 20.0. The molecular formula is C20H23N3O4S. The first-order chi connectivity index (χ1) is 13.5. The van der Waals surface area contributed by atoms with E-state index >= 15 is 0 Å². The largest absolute Gasteiger partial charge is 0.344 e. The molecule has 0 bridgehead atoms. The van der Waals surface area contributed by atoms with Crippen LogP contribution in [0.2, 0.25) is 0 Å². The maximum Gasteiger partial charge on any atom is 0.309 e. The summed E-state index contributed by atoms with van der Waals surface area (Å²) in [7, 11) is -3.45. The predicted molar refractivity (Wildman–Crippen MR) is 105 cm³/mol. The normalized spacial score (nSPS) is 14.6. The van der Waals surface area contributed by atoms with Crippen LogP contribution in [0.3, 0.4) is 0 Å². The van der Waals surface area contributed by atoms with Crippen LogP contribution in [0.1, 0.15) is 24.0 Å². The van der Waals surface area contributed by atoms with E-state index in [1.54, 1.807) is 12.1 Å². The molecule has 2 aromatic carbocycles. The summed E-state index contributed by atoms with van der Waals surface area (Å²) in [4.78, 5) is 24.0. The summed E-state index contributed by atoms with van der Waals surface area (Å²) in [6.45, 7) is 1.52. The minimum absolute atomic E-state index is 0.141. The Morgan fingerprint density at radius 3 is 1.82 bits per heavy atom. The van der Waals surface area contributed by atoms with Crippen molar-refractivity contribution in [1.82, 2.24) is 14.9 Å². The number of rotatable bonds is 6. The van der Waals surface area contributed by atoms with Gasteiger partial charge < -0.3 is 10.6 Å². The van der Waals surface area contributed by atoms with Crippen LogP contribution in [0.5, 0.6) is 0 Å². The maximum absolute atomic E-state index is 12.5. The fourth-order valence-corrected chi connectivity index (χ4v) is 4.49. The Balaban J connectivity index is 1.50. The van der Waals surface area contributed by atoms with Crippen LogP contribution < -0.4 is 10.6 Å². The van der Waals surface area contributed by atoms with Gasteiger partial charge >= 0.3 is 11.8 Å². The number of amides is 2. The van der Waals surface area contributed by atoms with Gasteiger partial charge in [0.2, 0.25) is 10.0 Å². The smallest absolute Gasteiger partial charge is 0.309 e. The molecule has 1 aliphatic heterocycles. The third kappa shape index (κ3) is 4.96. The third-order valence-electron chi connectivity index (χ3n) is 4.58. The fourth-order valence-electron chi connectivity index (χ4n) is 2.98. The maximum atomic E-state index is 12.5. The molecule has 0 saturated carbocycles. The molecule has 0 radical (unpaired) electrons. The van der Waals surface area contributed by atoms with Crippen molar-refractivity contribution in [3.05, 3.63) is 65.7 Å². The number of sulfonamides is 1. The number of benzene rings is 2. The molecule has 1 heterocycles. The highest BCUT2D eigenvalue weighted by atomic mass is 32.2. The van der Waals surface area contributed by atoms with Gasteiger partial charge in [0.1, 0.15) is 0 Å². The van der Waals surface area contributed by atoms with Crippen molar-refractivity contribution in [2.45, 2.75) is 30.8 Å². The standard InChI is InChI=1S/C20H23N3O4S/c24-19(21-14-16-6-2-1-3-7-16)20(25)22-15-17-8-10-18(11-9-17)28(26,27)23-12-4-5-13-23/h1-3,6-11H,4-5,12-15H2,(H,21,24)(H,22,25). The Kier molecular flexibility index (Phi) is 6.43.